The lowest BCUT2D eigenvalue weighted by Crippen LogP contribution is -2.39. The van der Waals surface area contributed by atoms with Gasteiger partial charge in [0.1, 0.15) is 6.23 Å². The lowest BCUT2D eigenvalue weighted by molar-refractivity contribution is -0.0143. The normalized spacial score (nSPS) is 48.9. The average Bonchev–Trinajstić information content (AvgIpc) is 2.73. The van der Waals surface area contributed by atoms with Crippen molar-refractivity contribution < 1.29 is 4.74 Å². The number of nitrogens with one attached hydrogen (secondary N) is 1. The van der Waals surface area contributed by atoms with Gasteiger partial charge in [-0.25, -0.2) is 0 Å². The maximum Gasteiger partial charge on any atom is 0.111 e. The molecule has 2 aliphatic carbocycles. The van der Waals surface area contributed by atoms with E-state index in [-0.39, 0.29) is 0 Å². The van der Waals surface area contributed by atoms with E-state index in [2.05, 4.69) is 21.2 Å². The number of halogens is 1. The number of hydrogen-bond donors (Lipinski definition) is 1. The predicted molar refractivity (Wildman–Crippen MR) is 68.7 cm³/mol. The molecule has 2 nitrogen and oxygen atoms in total. The van der Waals surface area contributed by atoms with Crippen molar-refractivity contribution in [1.82, 2.24) is 5.32 Å². The molecule has 0 spiro atoms. The van der Waals surface area contributed by atoms with Gasteiger partial charge in [0.05, 0.1) is 6.10 Å². The quantitative estimate of drug-likeness (QED) is 0.748. The molecule has 0 bridgehead atoms. The highest BCUT2D eigenvalue weighted by Crippen LogP contribution is 2.36. The Labute approximate surface area is 107 Å². The van der Waals surface area contributed by atoms with Gasteiger partial charge < -0.3 is 4.74 Å². The van der Waals surface area contributed by atoms with Crippen molar-refractivity contribution in [3.63, 3.8) is 0 Å². The van der Waals surface area contributed by atoms with Crippen molar-refractivity contribution in [1.29, 1.82) is 0 Å². The maximum atomic E-state index is 6.21. The Kier molecular flexibility index (Phi) is 3.55. The maximum absolute atomic E-state index is 6.21. The molecular weight excluding hydrogens is 266 g/mol. The van der Waals surface area contributed by atoms with Gasteiger partial charge in [-0.1, -0.05) is 28.8 Å². The van der Waals surface area contributed by atoms with E-state index in [1.807, 2.05) is 0 Å². The van der Waals surface area contributed by atoms with E-state index in [1.54, 1.807) is 0 Å². The molecule has 3 atom stereocenters. The third-order valence-electron chi connectivity index (χ3n) is 4.53. The van der Waals surface area contributed by atoms with Gasteiger partial charge in [-0.2, -0.15) is 0 Å². The average molecular weight is 288 g/mol. The molecule has 2 saturated carbocycles. The van der Waals surface area contributed by atoms with Crippen LogP contribution in [0, 0.1) is 5.92 Å². The smallest absolute Gasteiger partial charge is 0.111 e. The molecule has 1 heterocycles. The molecule has 3 aliphatic rings. The van der Waals surface area contributed by atoms with Crippen LogP contribution in [0.4, 0.5) is 0 Å². The highest BCUT2D eigenvalue weighted by molar-refractivity contribution is 9.09. The summed E-state index contributed by atoms with van der Waals surface area (Å²) < 4.78 is 6.21. The first-order valence-electron chi connectivity index (χ1n) is 6.88. The summed E-state index contributed by atoms with van der Waals surface area (Å²) in [4.78, 5) is 0.757. The highest BCUT2D eigenvalue weighted by Gasteiger charge is 2.40. The minimum Gasteiger partial charge on any atom is -0.358 e. The van der Waals surface area contributed by atoms with Gasteiger partial charge in [0.15, 0.2) is 0 Å². The van der Waals surface area contributed by atoms with Gasteiger partial charge in [-0.3, -0.25) is 5.32 Å². The van der Waals surface area contributed by atoms with E-state index in [0.717, 1.165) is 10.7 Å². The summed E-state index contributed by atoms with van der Waals surface area (Å²) in [7, 11) is 0. The molecule has 0 radical (unpaired) electrons. The number of hydrogen-bond acceptors (Lipinski definition) is 2. The molecule has 0 aromatic rings. The first-order chi connectivity index (χ1) is 7.83. The SMILES string of the molecule is BrC1CCC(C2NC3CCCCC3O2)CC1. The molecule has 3 unspecified atom stereocenters. The van der Waals surface area contributed by atoms with Crippen LogP contribution in [-0.2, 0) is 4.74 Å². The van der Waals surface area contributed by atoms with Crippen molar-refractivity contribution in [3.8, 4) is 0 Å². The Morgan fingerprint density at radius 2 is 1.69 bits per heavy atom. The molecule has 92 valence electrons. The Morgan fingerprint density at radius 3 is 2.44 bits per heavy atom. The van der Waals surface area contributed by atoms with Crippen LogP contribution in [0.15, 0.2) is 0 Å². The summed E-state index contributed by atoms with van der Waals surface area (Å²) in [6, 6.07) is 0.667. The largest absolute Gasteiger partial charge is 0.358 e. The van der Waals surface area contributed by atoms with Crippen molar-refractivity contribution >= 4 is 15.9 Å². The van der Waals surface area contributed by atoms with Crippen LogP contribution in [0.1, 0.15) is 51.4 Å². The monoisotopic (exact) mass is 287 g/mol. The molecule has 3 heteroatoms. The van der Waals surface area contributed by atoms with Crippen LogP contribution in [0.3, 0.4) is 0 Å². The van der Waals surface area contributed by atoms with Gasteiger partial charge in [0.25, 0.3) is 0 Å². The molecule has 16 heavy (non-hydrogen) atoms. The fourth-order valence-corrected chi connectivity index (χ4v) is 4.05. The summed E-state index contributed by atoms with van der Waals surface area (Å²) in [5, 5.41) is 3.74. The second-order valence-corrected chi connectivity index (χ2v) is 6.96. The van der Waals surface area contributed by atoms with Crippen LogP contribution in [0.25, 0.3) is 0 Å². The van der Waals surface area contributed by atoms with Crippen LogP contribution in [0.5, 0.6) is 0 Å². The van der Waals surface area contributed by atoms with Crippen molar-refractivity contribution in [3.05, 3.63) is 0 Å². The summed E-state index contributed by atoms with van der Waals surface area (Å²) in [5.41, 5.74) is 0. The van der Waals surface area contributed by atoms with Gasteiger partial charge in [-0.05, 0) is 44.4 Å². The number of fused-ring (bicyclic) bond motifs is 1. The Bertz CT molecular complexity index is 226. The standard InChI is InChI=1S/C13H22BrNO/c14-10-7-5-9(6-8-10)13-15-11-3-1-2-4-12(11)16-13/h9-13,15H,1-8H2. The Balaban J connectivity index is 1.56. The van der Waals surface area contributed by atoms with E-state index in [4.69, 9.17) is 4.74 Å². The Morgan fingerprint density at radius 1 is 0.938 bits per heavy atom. The molecule has 1 N–H and O–H groups in total. The van der Waals surface area contributed by atoms with E-state index in [0.29, 0.717) is 18.4 Å². The van der Waals surface area contributed by atoms with Gasteiger partial charge in [0, 0.05) is 10.9 Å². The van der Waals surface area contributed by atoms with Gasteiger partial charge in [0.2, 0.25) is 0 Å². The first-order valence-corrected chi connectivity index (χ1v) is 7.80. The molecule has 1 aliphatic heterocycles. The van der Waals surface area contributed by atoms with E-state index in [9.17, 15) is 0 Å². The predicted octanol–water partition coefficient (Wildman–Crippen LogP) is 3.20. The van der Waals surface area contributed by atoms with Crippen molar-refractivity contribution in [2.75, 3.05) is 0 Å². The molecule has 0 amide bonds. The van der Waals surface area contributed by atoms with Crippen LogP contribution in [-0.4, -0.2) is 23.2 Å². The molecular formula is C13H22BrNO. The lowest BCUT2D eigenvalue weighted by atomic mass is 9.88. The number of alkyl halides is 1. The van der Waals surface area contributed by atoms with Crippen LogP contribution in [0.2, 0.25) is 0 Å². The topological polar surface area (TPSA) is 21.3 Å². The minimum atomic E-state index is 0.369. The zero-order chi connectivity index (χ0) is 11.0. The fourth-order valence-electron chi connectivity index (χ4n) is 3.52. The summed E-state index contributed by atoms with van der Waals surface area (Å²) in [6.45, 7) is 0. The lowest BCUT2D eigenvalue weighted by Gasteiger charge is -2.29. The second kappa shape index (κ2) is 4.95. The van der Waals surface area contributed by atoms with Gasteiger partial charge >= 0.3 is 0 Å². The first kappa shape index (κ1) is 11.5. The summed E-state index contributed by atoms with van der Waals surface area (Å²) in [5.74, 6) is 0.763. The number of rotatable bonds is 1. The van der Waals surface area contributed by atoms with E-state index >= 15 is 0 Å². The molecule has 1 saturated heterocycles. The van der Waals surface area contributed by atoms with E-state index < -0.39 is 0 Å². The second-order valence-electron chi connectivity index (χ2n) is 5.66. The van der Waals surface area contributed by atoms with Crippen LogP contribution < -0.4 is 5.32 Å². The third-order valence-corrected chi connectivity index (χ3v) is 5.45. The molecule has 0 aromatic carbocycles. The highest BCUT2D eigenvalue weighted by atomic mass is 79.9. The minimum absolute atomic E-state index is 0.369. The zero-order valence-electron chi connectivity index (χ0n) is 9.83. The Hall–Kier alpha value is 0.400. The molecule has 3 fully saturated rings. The summed E-state index contributed by atoms with van der Waals surface area (Å²) in [6.07, 6.45) is 11.6. The van der Waals surface area contributed by atoms with Crippen molar-refractivity contribution in [2.45, 2.75) is 74.6 Å². The van der Waals surface area contributed by atoms with E-state index in [1.165, 1.54) is 51.4 Å². The van der Waals surface area contributed by atoms with Crippen molar-refractivity contribution in [2.24, 2.45) is 5.92 Å². The fraction of sp³-hybridized carbons (Fsp3) is 1.00. The third kappa shape index (κ3) is 2.32. The number of ether oxygens (including phenoxy) is 1. The molecule has 0 aromatic heterocycles. The zero-order valence-corrected chi connectivity index (χ0v) is 11.4. The summed E-state index contributed by atoms with van der Waals surface area (Å²) >= 11 is 3.72. The van der Waals surface area contributed by atoms with Crippen LogP contribution >= 0.6 is 15.9 Å². The molecule has 3 rings (SSSR count). The van der Waals surface area contributed by atoms with Gasteiger partial charge in [-0.15, -0.1) is 0 Å².